The maximum absolute atomic E-state index is 12.2. The topological polar surface area (TPSA) is 52.7 Å². The number of likely N-dealkylation sites (tertiary alicyclic amines) is 1. The lowest BCUT2D eigenvalue weighted by Gasteiger charge is -2.26. The highest BCUT2D eigenvalue weighted by molar-refractivity contribution is 5.94. The fourth-order valence-corrected chi connectivity index (χ4v) is 3.02. The Morgan fingerprint density at radius 2 is 1.79 bits per heavy atom. The molecule has 1 aromatic carbocycles. The third kappa shape index (κ3) is 5.25. The lowest BCUT2D eigenvalue weighted by atomic mass is 10.1. The van der Waals surface area contributed by atoms with Crippen molar-refractivity contribution in [3.63, 3.8) is 0 Å². The first-order chi connectivity index (χ1) is 11.6. The number of benzene rings is 1. The average molecular weight is 331 g/mol. The number of carbonyl (C=O) groups excluding carboxylic acids is 2. The first kappa shape index (κ1) is 18.3. The van der Waals surface area contributed by atoms with Gasteiger partial charge in [0, 0.05) is 50.9 Å². The van der Waals surface area contributed by atoms with Crippen molar-refractivity contribution in [2.75, 3.05) is 38.1 Å². The van der Waals surface area contributed by atoms with Crippen LogP contribution in [0.1, 0.15) is 49.4 Å². The third-order valence-corrected chi connectivity index (χ3v) is 4.46. The van der Waals surface area contributed by atoms with Crippen LogP contribution in [-0.2, 0) is 4.79 Å². The number of nitrogens with one attached hydrogen (secondary N) is 1. The molecule has 1 aliphatic heterocycles. The molecule has 2 rings (SSSR count). The molecular formula is C19H29N3O2. The second-order valence-corrected chi connectivity index (χ2v) is 6.42. The van der Waals surface area contributed by atoms with Crippen LogP contribution in [0.5, 0.6) is 0 Å². The van der Waals surface area contributed by atoms with Crippen molar-refractivity contribution >= 4 is 17.5 Å². The van der Waals surface area contributed by atoms with E-state index in [0.29, 0.717) is 18.5 Å². The van der Waals surface area contributed by atoms with Gasteiger partial charge in [-0.3, -0.25) is 9.59 Å². The first-order valence-corrected chi connectivity index (χ1v) is 8.99. The number of nitrogens with zero attached hydrogens (tertiary/aromatic N) is 2. The largest absolute Gasteiger partial charge is 0.375 e. The van der Waals surface area contributed by atoms with Crippen molar-refractivity contribution in [1.82, 2.24) is 10.2 Å². The molecule has 0 aromatic heterocycles. The van der Waals surface area contributed by atoms with Gasteiger partial charge in [-0.25, -0.2) is 0 Å². The van der Waals surface area contributed by atoms with Gasteiger partial charge in [-0.2, -0.15) is 0 Å². The molecule has 0 atom stereocenters. The van der Waals surface area contributed by atoms with Crippen molar-refractivity contribution in [3.8, 4) is 0 Å². The number of amides is 2. The van der Waals surface area contributed by atoms with Crippen LogP contribution in [0.2, 0.25) is 0 Å². The van der Waals surface area contributed by atoms with Crippen LogP contribution >= 0.6 is 0 Å². The van der Waals surface area contributed by atoms with Gasteiger partial charge in [-0.1, -0.05) is 6.92 Å². The average Bonchev–Trinajstić information content (AvgIpc) is 2.62. The summed E-state index contributed by atoms with van der Waals surface area (Å²) in [6, 6.07) is 7.60. The molecule has 24 heavy (non-hydrogen) atoms. The Morgan fingerprint density at radius 3 is 2.42 bits per heavy atom. The van der Waals surface area contributed by atoms with E-state index in [1.807, 2.05) is 36.2 Å². The van der Waals surface area contributed by atoms with E-state index in [-0.39, 0.29) is 11.8 Å². The van der Waals surface area contributed by atoms with Crippen LogP contribution in [0.15, 0.2) is 24.3 Å². The maximum Gasteiger partial charge on any atom is 0.251 e. The number of rotatable bonds is 7. The highest BCUT2D eigenvalue weighted by Gasteiger charge is 2.16. The van der Waals surface area contributed by atoms with Gasteiger partial charge < -0.3 is 15.1 Å². The number of carbonyl (C=O) groups is 2. The summed E-state index contributed by atoms with van der Waals surface area (Å²) in [6.45, 7) is 5.25. The molecular weight excluding hydrogens is 302 g/mol. The lowest BCUT2D eigenvalue weighted by molar-refractivity contribution is -0.131. The zero-order chi connectivity index (χ0) is 17.4. The van der Waals surface area contributed by atoms with E-state index in [2.05, 4.69) is 17.1 Å². The summed E-state index contributed by atoms with van der Waals surface area (Å²) in [5.74, 6) is 0.0256. The Hall–Kier alpha value is -2.04. The van der Waals surface area contributed by atoms with E-state index in [1.165, 1.54) is 6.42 Å². The van der Waals surface area contributed by atoms with Gasteiger partial charge in [0.05, 0.1) is 0 Å². The molecule has 0 radical (unpaired) electrons. The van der Waals surface area contributed by atoms with Crippen LogP contribution < -0.4 is 10.2 Å². The second-order valence-electron chi connectivity index (χ2n) is 6.42. The molecule has 1 aromatic rings. The number of hydrogen-bond acceptors (Lipinski definition) is 3. The third-order valence-electron chi connectivity index (χ3n) is 4.46. The molecule has 0 spiro atoms. The van der Waals surface area contributed by atoms with Gasteiger partial charge in [0.1, 0.15) is 0 Å². The molecule has 0 unspecified atom stereocenters. The van der Waals surface area contributed by atoms with Crippen LogP contribution in [0.4, 0.5) is 5.69 Å². The van der Waals surface area contributed by atoms with Crippen molar-refractivity contribution in [2.45, 2.75) is 39.0 Å². The zero-order valence-corrected chi connectivity index (χ0v) is 14.9. The van der Waals surface area contributed by atoms with Crippen LogP contribution in [0.3, 0.4) is 0 Å². The van der Waals surface area contributed by atoms with Crippen molar-refractivity contribution in [2.24, 2.45) is 0 Å². The highest BCUT2D eigenvalue weighted by Crippen LogP contribution is 2.14. The summed E-state index contributed by atoms with van der Waals surface area (Å²) in [5.41, 5.74) is 1.74. The first-order valence-electron chi connectivity index (χ1n) is 8.99. The molecule has 2 amide bonds. The molecule has 132 valence electrons. The molecule has 5 nitrogen and oxygen atoms in total. The summed E-state index contributed by atoms with van der Waals surface area (Å²) in [7, 11) is 2.05. The molecule has 0 bridgehead atoms. The normalized spacial score (nSPS) is 14.3. The van der Waals surface area contributed by atoms with Gasteiger partial charge >= 0.3 is 0 Å². The van der Waals surface area contributed by atoms with Gasteiger partial charge in [0.15, 0.2) is 0 Å². The minimum absolute atomic E-state index is 0.119. The number of anilines is 1. The van der Waals surface area contributed by atoms with Gasteiger partial charge in [0.2, 0.25) is 5.91 Å². The fourth-order valence-electron chi connectivity index (χ4n) is 3.02. The van der Waals surface area contributed by atoms with Gasteiger partial charge in [0.25, 0.3) is 5.91 Å². The Morgan fingerprint density at radius 1 is 1.12 bits per heavy atom. The molecule has 1 heterocycles. The number of hydrogen-bond donors (Lipinski definition) is 1. The Kier molecular flexibility index (Phi) is 7.09. The summed E-state index contributed by atoms with van der Waals surface area (Å²) in [6.07, 6.45) is 4.87. The van der Waals surface area contributed by atoms with E-state index >= 15 is 0 Å². The molecule has 1 N–H and O–H groups in total. The van der Waals surface area contributed by atoms with E-state index < -0.39 is 0 Å². The summed E-state index contributed by atoms with van der Waals surface area (Å²) >= 11 is 0. The summed E-state index contributed by atoms with van der Waals surface area (Å²) in [4.78, 5) is 28.3. The summed E-state index contributed by atoms with van der Waals surface area (Å²) in [5, 5.41) is 2.84. The predicted octanol–water partition coefficient (Wildman–Crippen LogP) is 2.67. The quantitative estimate of drug-likeness (QED) is 0.836. The van der Waals surface area contributed by atoms with E-state index in [4.69, 9.17) is 0 Å². The fraction of sp³-hybridized carbons (Fsp3) is 0.579. The number of piperidine rings is 1. The van der Waals surface area contributed by atoms with Crippen LogP contribution in [0, 0.1) is 0 Å². The van der Waals surface area contributed by atoms with Crippen molar-refractivity contribution in [1.29, 1.82) is 0 Å². The second kappa shape index (κ2) is 9.30. The zero-order valence-electron chi connectivity index (χ0n) is 14.9. The molecule has 0 saturated carbocycles. The van der Waals surface area contributed by atoms with Crippen molar-refractivity contribution in [3.05, 3.63) is 29.8 Å². The van der Waals surface area contributed by atoms with E-state index in [1.54, 1.807) is 0 Å². The molecule has 1 saturated heterocycles. The van der Waals surface area contributed by atoms with Gasteiger partial charge in [-0.05, 0) is 49.9 Å². The lowest BCUT2D eigenvalue weighted by Crippen LogP contribution is -2.37. The molecule has 5 heteroatoms. The predicted molar refractivity (Wildman–Crippen MR) is 97.4 cm³/mol. The Labute approximate surface area is 145 Å². The Balaban J connectivity index is 1.76. The monoisotopic (exact) mass is 331 g/mol. The molecule has 1 aliphatic rings. The highest BCUT2D eigenvalue weighted by atomic mass is 16.2. The van der Waals surface area contributed by atoms with E-state index in [9.17, 15) is 9.59 Å². The van der Waals surface area contributed by atoms with Crippen LogP contribution in [0.25, 0.3) is 0 Å². The molecule has 1 fully saturated rings. The SMILES string of the molecule is CCCN(C)c1ccc(C(=O)NCCC(=O)N2CCCCC2)cc1. The minimum Gasteiger partial charge on any atom is -0.375 e. The van der Waals surface area contributed by atoms with E-state index in [0.717, 1.165) is 44.6 Å². The molecule has 0 aliphatic carbocycles. The Bertz CT molecular complexity index is 536. The minimum atomic E-state index is -0.119. The smallest absolute Gasteiger partial charge is 0.251 e. The van der Waals surface area contributed by atoms with Crippen molar-refractivity contribution < 1.29 is 9.59 Å². The standard InChI is InChI=1S/C19H29N3O2/c1-3-13-21(2)17-9-7-16(8-10-17)19(24)20-12-11-18(23)22-14-5-4-6-15-22/h7-10H,3-6,11-15H2,1-2H3,(H,20,24). The summed E-state index contributed by atoms with van der Waals surface area (Å²) < 4.78 is 0. The van der Waals surface area contributed by atoms with Gasteiger partial charge in [-0.15, -0.1) is 0 Å². The maximum atomic E-state index is 12.2. The van der Waals surface area contributed by atoms with Crippen LogP contribution in [-0.4, -0.2) is 49.9 Å².